The topological polar surface area (TPSA) is 55.8 Å². The van der Waals surface area contributed by atoms with Crippen molar-refractivity contribution in [2.45, 2.75) is 20.5 Å². The van der Waals surface area contributed by atoms with E-state index >= 15 is 0 Å². The number of amides is 1. The van der Waals surface area contributed by atoms with Gasteiger partial charge in [0.1, 0.15) is 12.4 Å². The molecule has 1 aliphatic rings. The Bertz CT molecular complexity index is 1260. The van der Waals surface area contributed by atoms with E-state index in [2.05, 4.69) is 0 Å². The van der Waals surface area contributed by atoms with E-state index in [-0.39, 0.29) is 17.1 Å². The van der Waals surface area contributed by atoms with Gasteiger partial charge in [-0.25, -0.2) is 4.79 Å². The van der Waals surface area contributed by atoms with Gasteiger partial charge in [-0.1, -0.05) is 60.7 Å². The van der Waals surface area contributed by atoms with Crippen LogP contribution in [0.4, 0.5) is 5.69 Å². The van der Waals surface area contributed by atoms with Gasteiger partial charge in [0.05, 0.1) is 18.3 Å². The average Bonchev–Trinajstić information content (AvgIpc) is 3.07. The second-order valence-corrected chi connectivity index (χ2v) is 7.80. The predicted octanol–water partition coefficient (Wildman–Crippen LogP) is 5.45. The first kappa shape index (κ1) is 22.1. The third-order valence-electron chi connectivity index (χ3n) is 5.51. The molecule has 33 heavy (non-hydrogen) atoms. The molecule has 0 bridgehead atoms. The summed E-state index contributed by atoms with van der Waals surface area (Å²) in [6, 6.07) is 24.9. The Morgan fingerprint density at radius 2 is 1.67 bits per heavy atom. The highest BCUT2D eigenvalue weighted by Crippen LogP contribution is 2.36. The number of allylic oxidation sites excluding steroid dienone is 1. The Balaban J connectivity index is 1.74. The number of anilines is 1. The summed E-state index contributed by atoms with van der Waals surface area (Å²) < 4.78 is 11.1. The van der Waals surface area contributed by atoms with Crippen molar-refractivity contribution in [3.8, 4) is 5.75 Å². The maximum atomic E-state index is 13.5. The van der Waals surface area contributed by atoms with Crippen LogP contribution in [0.2, 0.25) is 0 Å². The van der Waals surface area contributed by atoms with Crippen LogP contribution in [0, 0.1) is 6.92 Å². The van der Waals surface area contributed by atoms with Crippen LogP contribution in [0.15, 0.2) is 95.7 Å². The quantitative estimate of drug-likeness (QED) is 0.379. The monoisotopic (exact) mass is 439 g/mol. The average molecular weight is 440 g/mol. The first-order chi connectivity index (χ1) is 16.0. The molecule has 5 heteroatoms. The molecule has 1 amide bonds. The number of esters is 1. The molecular weight excluding hydrogens is 414 g/mol. The van der Waals surface area contributed by atoms with E-state index < -0.39 is 5.97 Å². The molecule has 0 unspecified atom stereocenters. The van der Waals surface area contributed by atoms with Crippen molar-refractivity contribution < 1.29 is 19.1 Å². The number of methoxy groups -OCH3 is 1. The number of aryl methyl sites for hydroxylation is 1. The lowest BCUT2D eigenvalue weighted by Crippen LogP contribution is -2.24. The largest absolute Gasteiger partial charge is 0.488 e. The Labute approximate surface area is 193 Å². The highest BCUT2D eigenvalue weighted by atomic mass is 16.5. The maximum Gasteiger partial charge on any atom is 0.340 e. The van der Waals surface area contributed by atoms with Gasteiger partial charge in [-0.3, -0.25) is 9.69 Å². The Morgan fingerprint density at radius 1 is 0.939 bits per heavy atom. The minimum absolute atomic E-state index is 0.252. The highest BCUT2D eigenvalue weighted by molar-refractivity contribution is 6.23. The molecule has 0 aliphatic carbocycles. The van der Waals surface area contributed by atoms with Gasteiger partial charge in [-0.15, -0.1) is 0 Å². The minimum Gasteiger partial charge on any atom is -0.488 e. The van der Waals surface area contributed by atoms with Crippen LogP contribution < -0.4 is 9.64 Å². The first-order valence-electron chi connectivity index (χ1n) is 10.7. The molecule has 0 atom stereocenters. The number of rotatable bonds is 6. The number of hydrogen-bond donors (Lipinski definition) is 0. The molecule has 3 aromatic rings. The SMILES string of the molecule is COC(=O)C1=C(C)N(c2cccc(C)c2)C(=O)/C1=C\c1ccccc1OCc1ccccc1. The van der Waals surface area contributed by atoms with E-state index in [1.54, 1.807) is 17.9 Å². The molecule has 5 nitrogen and oxygen atoms in total. The van der Waals surface area contributed by atoms with Gasteiger partial charge in [-0.2, -0.15) is 0 Å². The fraction of sp³-hybridized carbons (Fsp3) is 0.143. The zero-order valence-corrected chi connectivity index (χ0v) is 18.9. The van der Waals surface area contributed by atoms with Crippen molar-refractivity contribution in [2.75, 3.05) is 12.0 Å². The van der Waals surface area contributed by atoms with Crippen LogP contribution in [-0.2, 0) is 20.9 Å². The maximum absolute atomic E-state index is 13.5. The van der Waals surface area contributed by atoms with Gasteiger partial charge >= 0.3 is 5.97 Å². The Kier molecular flexibility index (Phi) is 6.41. The van der Waals surface area contributed by atoms with Gasteiger partial charge in [0, 0.05) is 16.9 Å². The smallest absolute Gasteiger partial charge is 0.340 e. The lowest BCUT2D eigenvalue weighted by molar-refractivity contribution is -0.136. The number of carbonyl (C=O) groups excluding carboxylic acids is 2. The zero-order valence-electron chi connectivity index (χ0n) is 18.9. The van der Waals surface area contributed by atoms with Gasteiger partial charge in [0.2, 0.25) is 0 Å². The zero-order chi connectivity index (χ0) is 23.4. The summed E-state index contributed by atoms with van der Waals surface area (Å²) in [6.45, 7) is 4.11. The van der Waals surface area contributed by atoms with Crippen LogP contribution in [0.3, 0.4) is 0 Å². The predicted molar refractivity (Wildman–Crippen MR) is 129 cm³/mol. The van der Waals surface area contributed by atoms with Crippen molar-refractivity contribution in [1.82, 2.24) is 0 Å². The number of nitrogens with zero attached hydrogens (tertiary/aromatic N) is 1. The van der Waals surface area contributed by atoms with E-state index in [9.17, 15) is 9.59 Å². The van der Waals surface area contributed by atoms with Crippen molar-refractivity contribution >= 4 is 23.6 Å². The number of benzene rings is 3. The normalized spacial score (nSPS) is 14.7. The van der Waals surface area contributed by atoms with Crippen LogP contribution in [0.5, 0.6) is 5.75 Å². The van der Waals surface area contributed by atoms with Gasteiger partial charge < -0.3 is 9.47 Å². The van der Waals surface area contributed by atoms with Gasteiger partial charge in [0.25, 0.3) is 5.91 Å². The first-order valence-corrected chi connectivity index (χ1v) is 10.7. The molecule has 0 aromatic heterocycles. The number of hydrogen-bond acceptors (Lipinski definition) is 4. The summed E-state index contributed by atoms with van der Waals surface area (Å²) >= 11 is 0. The van der Waals surface area contributed by atoms with E-state index in [0.29, 0.717) is 29.3 Å². The van der Waals surface area contributed by atoms with Crippen molar-refractivity contribution in [1.29, 1.82) is 0 Å². The molecule has 0 saturated heterocycles. The molecule has 0 radical (unpaired) electrons. The fourth-order valence-corrected chi connectivity index (χ4v) is 3.88. The number of carbonyl (C=O) groups is 2. The van der Waals surface area contributed by atoms with Crippen LogP contribution in [-0.4, -0.2) is 19.0 Å². The van der Waals surface area contributed by atoms with Crippen LogP contribution in [0.1, 0.15) is 23.6 Å². The summed E-state index contributed by atoms with van der Waals surface area (Å²) in [5.74, 6) is -0.209. The van der Waals surface area contributed by atoms with E-state index in [1.165, 1.54) is 7.11 Å². The molecule has 4 rings (SSSR count). The summed E-state index contributed by atoms with van der Waals surface area (Å²) in [4.78, 5) is 27.8. The van der Waals surface area contributed by atoms with Crippen LogP contribution >= 0.6 is 0 Å². The molecule has 0 fully saturated rings. The molecule has 0 spiro atoms. The summed E-state index contributed by atoms with van der Waals surface area (Å²) in [5, 5.41) is 0. The minimum atomic E-state index is -0.551. The molecule has 166 valence electrons. The highest BCUT2D eigenvalue weighted by Gasteiger charge is 2.38. The summed E-state index contributed by atoms with van der Waals surface area (Å²) in [5.41, 5.74) is 4.52. The van der Waals surface area contributed by atoms with E-state index in [4.69, 9.17) is 9.47 Å². The second kappa shape index (κ2) is 9.57. The van der Waals surface area contributed by atoms with Gasteiger partial charge in [0.15, 0.2) is 0 Å². The van der Waals surface area contributed by atoms with E-state index in [0.717, 1.165) is 11.1 Å². The summed E-state index contributed by atoms with van der Waals surface area (Å²) in [6.07, 6.45) is 1.70. The molecule has 1 heterocycles. The number of ether oxygens (including phenoxy) is 2. The summed E-state index contributed by atoms with van der Waals surface area (Å²) in [7, 11) is 1.32. The second-order valence-electron chi connectivity index (χ2n) is 7.80. The molecular formula is C28H25NO4. The van der Waals surface area contributed by atoms with Crippen molar-refractivity contribution in [2.24, 2.45) is 0 Å². The molecule has 3 aromatic carbocycles. The molecule has 1 aliphatic heterocycles. The molecule has 0 N–H and O–H groups in total. The lowest BCUT2D eigenvalue weighted by Gasteiger charge is -2.18. The lowest BCUT2D eigenvalue weighted by atomic mass is 10.0. The van der Waals surface area contributed by atoms with Gasteiger partial charge in [-0.05, 0) is 49.2 Å². The Morgan fingerprint density at radius 3 is 2.39 bits per heavy atom. The number of para-hydroxylation sites is 1. The fourth-order valence-electron chi connectivity index (χ4n) is 3.88. The molecule has 0 saturated carbocycles. The third-order valence-corrected chi connectivity index (χ3v) is 5.51. The standard InChI is InChI=1S/C28H25NO4/c1-19-10-9-14-23(16-19)29-20(2)26(28(31)32-3)24(27(29)30)17-22-13-7-8-15-25(22)33-18-21-11-5-4-6-12-21/h4-17H,18H2,1-3H3/b24-17-. The third kappa shape index (κ3) is 4.58. The van der Waals surface area contributed by atoms with Crippen LogP contribution in [0.25, 0.3) is 6.08 Å². The Hall–Kier alpha value is -4.12. The van der Waals surface area contributed by atoms with Crippen molar-refractivity contribution in [3.63, 3.8) is 0 Å². The van der Waals surface area contributed by atoms with E-state index in [1.807, 2.05) is 85.8 Å². The van der Waals surface area contributed by atoms with Crippen molar-refractivity contribution in [3.05, 3.63) is 112 Å².